The highest BCUT2D eigenvalue weighted by atomic mass is 35.5. The van der Waals surface area contributed by atoms with Gasteiger partial charge < -0.3 is 15.0 Å². The Hall–Kier alpha value is -0.720. The van der Waals surface area contributed by atoms with E-state index in [0.717, 1.165) is 68.6 Å². The molecule has 1 unspecified atom stereocenters. The van der Waals surface area contributed by atoms with Gasteiger partial charge in [0.15, 0.2) is 0 Å². The lowest BCUT2D eigenvalue weighted by Gasteiger charge is -2.35. The summed E-state index contributed by atoms with van der Waals surface area (Å²) in [5.41, 5.74) is 1.10. The number of nitrogens with one attached hydrogen (secondary N) is 1. The number of piperazine rings is 1. The molecule has 2 aliphatic heterocycles. The highest BCUT2D eigenvalue weighted by Gasteiger charge is 2.23. The molecule has 5 nitrogen and oxygen atoms in total. The van der Waals surface area contributed by atoms with Crippen LogP contribution in [0, 0.1) is 5.92 Å². The third-order valence-electron chi connectivity index (χ3n) is 5.29. The molecule has 8 heteroatoms. The quantitative estimate of drug-likeness (QED) is 0.740. The Bertz CT molecular complexity index is 590. The van der Waals surface area contributed by atoms with Crippen LogP contribution in [0.25, 0.3) is 0 Å². The topological polar surface area (TPSA) is 44.8 Å². The van der Waals surface area contributed by atoms with Crippen LogP contribution >= 0.6 is 36.4 Å². The monoisotopic (exact) mass is 437 g/mol. The molecule has 0 aromatic heterocycles. The van der Waals surface area contributed by atoms with E-state index in [1.54, 1.807) is 7.11 Å². The maximum absolute atomic E-state index is 12.4. The van der Waals surface area contributed by atoms with Crippen LogP contribution in [0.4, 0.5) is 0 Å². The highest BCUT2D eigenvalue weighted by molar-refractivity contribution is 6.30. The second kappa shape index (κ2) is 12.0. The lowest BCUT2D eigenvalue weighted by molar-refractivity contribution is -0.133. The Balaban J connectivity index is 0.00000182. The zero-order chi connectivity index (χ0) is 17.6. The van der Waals surface area contributed by atoms with Gasteiger partial charge in [-0.1, -0.05) is 11.6 Å². The number of carbonyl (C=O) groups is 1. The molecular formula is C19H30Cl3N3O2. The first kappa shape index (κ1) is 24.3. The van der Waals surface area contributed by atoms with E-state index in [0.29, 0.717) is 18.2 Å². The summed E-state index contributed by atoms with van der Waals surface area (Å²) in [7, 11) is 1.68. The van der Waals surface area contributed by atoms with Gasteiger partial charge in [-0.2, -0.15) is 0 Å². The van der Waals surface area contributed by atoms with E-state index in [1.165, 1.54) is 6.42 Å². The van der Waals surface area contributed by atoms with Crippen LogP contribution in [-0.4, -0.2) is 62.1 Å². The number of rotatable bonds is 6. The molecule has 1 atom stereocenters. The molecule has 0 saturated carbocycles. The molecular weight excluding hydrogens is 409 g/mol. The molecule has 3 rings (SSSR count). The normalized spacial score (nSPS) is 19.9. The summed E-state index contributed by atoms with van der Waals surface area (Å²) in [4.78, 5) is 16.8. The van der Waals surface area contributed by atoms with Crippen molar-refractivity contribution < 1.29 is 9.53 Å². The predicted molar refractivity (Wildman–Crippen MR) is 115 cm³/mol. The lowest BCUT2D eigenvalue weighted by Crippen LogP contribution is -2.48. The van der Waals surface area contributed by atoms with Crippen LogP contribution in [0.3, 0.4) is 0 Å². The van der Waals surface area contributed by atoms with E-state index in [1.807, 2.05) is 23.1 Å². The van der Waals surface area contributed by atoms with Crippen molar-refractivity contribution in [2.24, 2.45) is 5.92 Å². The molecule has 27 heavy (non-hydrogen) atoms. The molecule has 1 aromatic carbocycles. The van der Waals surface area contributed by atoms with E-state index in [9.17, 15) is 4.79 Å². The Morgan fingerprint density at radius 1 is 1.26 bits per heavy atom. The zero-order valence-corrected chi connectivity index (χ0v) is 18.2. The van der Waals surface area contributed by atoms with Crippen LogP contribution in [-0.2, 0) is 11.3 Å². The van der Waals surface area contributed by atoms with E-state index in [-0.39, 0.29) is 24.8 Å². The molecule has 1 amide bonds. The molecule has 0 spiro atoms. The summed E-state index contributed by atoms with van der Waals surface area (Å²) in [5, 5.41) is 4.09. The zero-order valence-electron chi connectivity index (χ0n) is 15.8. The van der Waals surface area contributed by atoms with E-state index in [2.05, 4.69) is 10.2 Å². The highest BCUT2D eigenvalue weighted by Crippen LogP contribution is 2.24. The van der Waals surface area contributed by atoms with Crippen molar-refractivity contribution in [2.75, 3.05) is 46.4 Å². The van der Waals surface area contributed by atoms with Gasteiger partial charge >= 0.3 is 0 Å². The Morgan fingerprint density at radius 2 is 2.00 bits per heavy atom. The van der Waals surface area contributed by atoms with Crippen molar-refractivity contribution in [1.82, 2.24) is 15.1 Å². The van der Waals surface area contributed by atoms with Gasteiger partial charge in [0.2, 0.25) is 5.91 Å². The van der Waals surface area contributed by atoms with Gasteiger partial charge in [-0.05, 0) is 50.0 Å². The Morgan fingerprint density at radius 3 is 2.63 bits per heavy atom. The second-order valence-electron chi connectivity index (χ2n) is 7.01. The number of amides is 1. The minimum atomic E-state index is 0. The van der Waals surface area contributed by atoms with Crippen LogP contribution in [0.15, 0.2) is 18.2 Å². The number of ether oxygens (including phenoxy) is 1. The molecule has 2 fully saturated rings. The minimum absolute atomic E-state index is 0. The third-order valence-corrected chi connectivity index (χ3v) is 5.53. The number of carbonyl (C=O) groups excluding carboxylic acids is 1. The number of nitrogens with zero attached hydrogens (tertiary/aromatic N) is 2. The average Bonchev–Trinajstić information content (AvgIpc) is 3.14. The summed E-state index contributed by atoms with van der Waals surface area (Å²) in [6.45, 7) is 6.39. The number of hydrogen-bond acceptors (Lipinski definition) is 4. The van der Waals surface area contributed by atoms with Gasteiger partial charge in [0.1, 0.15) is 5.75 Å². The lowest BCUT2D eigenvalue weighted by atomic mass is 10.0. The number of benzene rings is 1. The number of halogens is 3. The fourth-order valence-corrected chi connectivity index (χ4v) is 3.91. The van der Waals surface area contributed by atoms with Gasteiger partial charge in [0, 0.05) is 49.7 Å². The van der Waals surface area contributed by atoms with Gasteiger partial charge in [-0.3, -0.25) is 9.69 Å². The molecule has 0 radical (unpaired) electrons. The van der Waals surface area contributed by atoms with Crippen molar-refractivity contribution in [1.29, 1.82) is 0 Å². The molecule has 1 aromatic rings. The fraction of sp³-hybridized carbons (Fsp3) is 0.632. The standard InChI is InChI=1S/C19H28ClN3O2.2ClH/c1-25-18-4-3-17(20)12-16(18)14-22-8-10-23(11-9-22)19(24)5-2-15-6-7-21-13-15;;/h3-4,12,15,21H,2,5-11,13-14H2,1H3;2*1H. The smallest absolute Gasteiger partial charge is 0.222 e. The Labute approximate surface area is 179 Å². The first-order valence-corrected chi connectivity index (χ1v) is 9.57. The maximum Gasteiger partial charge on any atom is 0.222 e. The summed E-state index contributed by atoms with van der Waals surface area (Å²) >= 11 is 6.11. The molecule has 0 bridgehead atoms. The second-order valence-corrected chi connectivity index (χ2v) is 7.45. The van der Waals surface area contributed by atoms with E-state index in [4.69, 9.17) is 16.3 Å². The van der Waals surface area contributed by atoms with Crippen LogP contribution in [0.5, 0.6) is 5.75 Å². The summed E-state index contributed by atoms with van der Waals surface area (Å²) in [6, 6.07) is 5.73. The predicted octanol–water partition coefficient (Wildman–Crippen LogP) is 3.23. The van der Waals surface area contributed by atoms with Crippen LogP contribution < -0.4 is 10.1 Å². The van der Waals surface area contributed by atoms with Gasteiger partial charge in [-0.25, -0.2) is 0 Å². The fourth-order valence-electron chi connectivity index (χ4n) is 3.71. The summed E-state index contributed by atoms with van der Waals surface area (Å²) in [5.74, 6) is 1.86. The third kappa shape index (κ3) is 6.99. The maximum atomic E-state index is 12.4. The van der Waals surface area contributed by atoms with Gasteiger partial charge in [-0.15, -0.1) is 24.8 Å². The SMILES string of the molecule is COc1ccc(Cl)cc1CN1CCN(C(=O)CCC2CCNC2)CC1.Cl.Cl. The van der Waals surface area contributed by atoms with Crippen molar-refractivity contribution in [2.45, 2.75) is 25.8 Å². The van der Waals surface area contributed by atoms with Gasteiger partial charge in [0.05, 0.1) is 7.11 Å². The van der Waals surface area contributed by atoms with Crippen LogP contribution in [0.1, 0.15) is 24.8 Å². The largest absolute Gasteiger partial charge is 0.496 e. The number of methoxy groups -OCH3 is 1. The molecule has 1 N–H and O–H groups in total. The van der Waals surface area contributed by atoms with E-state index < -0.39 is 0 Å². The summed E-state index contributed by atoms with van der Waals surface area (Å²) in [6.07, 6.45) is 2.92. The van der Waals surface area contributed by atoms with Crippen molar-refractivity contribution in [3.05, 3.63) is 28.8 Å². The van der Waals surface area contributed by atoms with Crippen molar-refractivity contribution in [3.8, 4) is 5.75 Å². The summed E-state index contributed by atoms with van der Waals surface area (Å²) < 4.78 is 5.43. The van der Waals surface area contributed by atoms with Crippen LogP contribution in [0.2, 0.25) is 5.02 Å². The van der Waals surface area contributed by atoms with E-state index >= 15 is 0 Å². The average molecular weight is 439 g/mol. The minimum Gasteiger partial charge on any atom is -0.496 e. The molecule has 2 heterocycles. The molecule has 0 aliphatic carbocycles. The van der Waals surface area contributed by atoms with Crippen molar-refractivity contribution >= 4 is 42.3 Å². The molecule has 2 aliphatic rings. The van der Waals surface area contributed by atoms with Crippen molar-refractivity contribution in [3.63, 3.8) is 0 Å². The Kier molecular flexibility index (Phi) is 10.8. The number of hydrogen-bond donors (Lipinski definition) is 1. The molecule has 2 saturated heterocycles. The first-order chi connectivity index (χ1) is 12.2. The molecule has 154 valence electrons. The van der Waals surface area contributed by atoms with Gasteiger partial charge in [0.25, 0.3) is 0 Å². The first-order valence-electron chi connectivity index (χ1n) is 9.19.